The molecule has 0 aromatic carbocycles. The van der Waals surface area contributed by atoms with Gasteiger partial charge in [-0.2, -0.15) is 0 Å². The zero-order valence-corrected chi connectivity index (χ0v) is 28.3. The summed E-state index contributed by atoms with van der Waals surface area (Å²) >= 11 is 0. The number of rotatable bonds is 15. The zero-order valence-electron chi connectivity index (χ0n) is 21.4. The van der Waals surface area contributed by atoms with Crippen LogP contribution >= 0.6 is 0 Å². The Hall–Kier alpha value is -2.19. The molecule has 0 N–H and O–H groups in total. The molecular formula is C24H30Bi2O12. The van der Waals surface area contributed by atoms with Gasteiger partial charge in [0.25, 0.3) is 0 Å². The Morgan fingerprint density at radius 2 is 0.632 bits per heavy atom. The number of hydrogen-bond donors (Lipinski definition) is 0. The summed E-state index contributed by atoms with van der Waals surface area (Å²) in [6, 6.07) is 0. The largest absolute Gasteiger partial charge is 3.00 e. The van der Waals surface area contributed by atoms with Gasteiger partial charge in [0.05, 0.1) is 35.8 Å². The van der Waals surface area contributed by atoms with Crippen LogP contribution < -0.4 is 30.6 Å². The minimum Gasteiger partial charge on any atom is -0.545 e. The second kappa shape index (κ2) is 29.4. The minimum atomic E-state index is -1.50. The Labute approximate surface area is 259 Å². The second-order valence-electron chi connectivity index (χ2n) is 7.14. The average molecular weight is 928 g/mol. The topological polar surface area (TPSA) is 241 Å². The summed E-state index contributed by atoms with van der Waals surface area (Å²) in [4.78, 5) is 60.8. The Bertz CT molecular complexity index is 736. The molecule has 0 aliphatic heterocycles. The minimum absolute atomic E-state index is 0. The molecule has 12 nitrogen and oxygen atoms in total. The molecule has 0 aromatic heterocycles. The van der Waals surface area contributed by atoms with E-state index < -0.39 is 35.8 Å². The van der Waals surface area contributed by atoms with Gasteiger partial charge in [-0.15, -0.1) is 0 Å². The standard InChI is InChI=1S/3C8H12O4.2Bi/c3*1-2-3-4-6(8(11)12)5-7(9)10;;/h3*5H,2-4H2,1H3,(H,9,10)(H,11,12);;/q;;;2*+3/p-6. The van der Waals surface area contributed by atoms with Crippen LogP contribution in [0.2, 0.25) is 0 Å². The molecule has 38 heavy (non-hydrogen) atoms. The van der Waals surface area contributed by atoms with Crippen molar-refractivity contribution in [3.05, 3.63) is 34.9 Å². The molecular weight excluding hydrogens is 898 g/mol. The average Bonchev–Trinajstić information content (AvgIpc) is 2.76. The molecule has 0 heterocycles. The van der Waals surface area contributed by atoms with E-state index in [2.05, 4.69) is 0 Å². The van der Waals surface area contributed by atoms with Gasteiger partial charge in [0.1, 0.15) is 0 Å². The quantitative estimate of drug-likeness (QED) is 0.111. The van der Waals surface area contributed by atoms with E-state index >= 15 is 0 Å². The predicted octanol–water partition coefficient (Wildman–Crippen LogP) is -4.95. The Morgan fingerprint density at radius 3 is 0.737 bits per heavy atom. The molecule has 0 saturated carbocycles. The van der Waals surface area contributed by atoms with Crippen molar-refractivity contribution in [2.45, 2.75) is 78.6 Å². The van der Waals surface area contributed by atoms with Gasteiger partial charge in [-0.3, -0.25) is 0 Å². The van der Waals surface area contributed by atoms with Crippen molar-refractivity contribution in [3.8, 4) is 0 Å². The third-order valence-electron chi connectivity index (χ3n) is 4.06. The van der Waals surface area contributed by atoms with Crippen molar-refractivity contribution in [1.29, 1.82) is 0 Å². The summed E-state index contributed by atoms with van der Waals surface area (Å²) in [5.41, 5.74) is -0.634. The maximum atomic E-state index is 10.3. The molecule has 4 radical (unpaired) electrons. The van der Waals surface area contributed by atoms with Crippen molar-refractivity contribution in [1.82, 2.24) is 0 Å². The van der Waals surface area contributed by atoms with E-state index in [1.165, 1.54) is 0 Å². The first kappa shape index (κ1) is 45.7. The van der Waals surface area contributed by atoms with Crippen molar-refractivity contribution >= 4 is 88.2 Å². The molecule has 0 amide bonds. The van der Waals surface area contributed by atoms with Gasteiger partial charge < -0.3 is 59.4 Å². The number of carboxylic acids is 6. The molecule has 0 saturated heterocycles. The molecule has 0 aliphatic carbocycles. The molecule has 0 spiro atoms. The van der Waals surface area contributed by atoms with E-state index in [-0.39, 0.29) is 88.4 Å². The monoisotopic (exact) mass is 928 g/mol. The van der Waals surface area contributed by atoms with Crippen molar-refractivity contribution in [2.75, 3.05) is 0 Å². The van der Waals surface area contributed by atoms with Crippen LogP contribution in [0.4, 0.5) is 0 Å². The fraction of sp³-hybridized carbons (Fsp3) is 0.500. The Kier molecular flexibility index (Phi) is 35.3. The van der Waals surface area contributed by atoms with Crippen LogP contribution in [-0.2, 0) is 28.8 Å². The number of carbonyl (C=O) groups excluding carboxylic acids is 6. The van der Waals surface area contributed by atoms with Gasteiger partial charge in [0.15, 0.2) is 0 Å². The number of unbranched alkanes of at least 4 members (excludes halogenated alkanes) is 3. The van der Waals surface area contributed by atoms with E-state index in [4.69, 9.17) is 0 Å². The summed E-state index contributed by atoms with van der Waals surface area (Å²) < 4.78 is 0. The fourth-order valence-corrected chi connectivity index (χ4v) is 2.23. The number of carboxylic acid groups (broad SMARTS) is 6. The van der Waals surface area contributed by atoms with Crippen LogP contribution in [0.25, 0.3) is 0 Å². The van der Waals surface area contributed by atoms with Crippen molar-refractivity contribution in [2.24, 2.45) is 0 Å². The van der Waals surface area contributed by atoms with Gasteiger partial charge in [0, 0.05) is 0 Å². The summed E-state index contributed by atoms with van der Waals surface area (Å²) in [6.07, 6.45) is 6.67. The Balaban J connectivity index is -0.000000140. The van der Waals surface area contributed by atoms with Crippen molar-refractivity contribution in [3.63, 3.8) is 0 Å². The van der Waals surface area contributed by atoms with E-state index in [1.807, 2.05) is 20.8 Å². The SMILES string of the molecule is CCCCC(=CC(=O)[O-])C(=O)[O-].CCCCC(=CC(=O)[O-])C(=O)[O-].CCCCC(=CC(=O)[O-])C(=O)[O-].[Bi+3].[Bi+3]. The fourth-order valence-electron chi connectivity index (χ4n) is 2.23. The molecule has 0 fully saturated rings. The molecule has 0 aromatic rings. The summed E-state index contributed by atoms with van der Waals surface area (Å²) in [7, 11) is 0. The maximum Gasteiger partial charge on any atom is 3.00 e. The molecule has 208 valence electrons. The molecule has 0 bridgehead atoms. The van der Waals surface area contributed by atoms with Crippen LogP contribution in [0.15, 0.2) is 34.9 Å². The first-order valence-corrected chi connectivity index (χ1v) is 11.1. The summed E-state index contributed by atoms with van der Waals surface area (Å²) in [6.45, 7) is 5.64. The zero-order chi connectivity index (χ0) is 28.7. The van der Waals surface area contributed by atoms with Crippen LogP contribution in [0.3, 0.4) is 0 Å². The first-order valence-electron chi connectivity index (χ1n) is 11.1. The van der Waals surface area contributed by atoms with Crippen LogP contribution in [0, 0.1) is 0 Å². The second-order valence-corrected chi connectivity index (χ2v) is 7.14. The smallest absolute Gasteiger partial charge is 0.545 e. The molecule has 0 atom stereocenters. The molecule has 14 heteroatoms. The summed E-state index contributed by atoms with van der Waals surface area (Å²) in [5.74, 6) is -8.80. The Morgan fingerprint density at radius 1 is 0.447 bits per heavy atom. The summed E-state index contributed by atoms with van der Waals surface area (Å²) in [5, 5.41) is 60.8. The predicted molar refractivity (Wildman–Crippen MR) is 124 cm³/mol. The van der Waals surface area contributed by atoms with E-state index in [1.54, 1.807) is 0 Å². The van der Waals surface area contributed by atoms with Gasteiger partial charge in [-0.25, -0.2) is 0 Å². The van der Waals surface area contributed by atoms with Crippen LogP contribution in [-0.4, -0.2) is 88.2 Å². The van der Waals surface area contributed by atoms with Gasteiger partial charge in [-0.05, 0) is 73.5 Å². The van der Waals surface area contributed by atoms with Crippen molar-refractivity contribution < 1.29 is 59.4 Å². The van der Waals surface area contributed by atoms with Crippen LogP contribution in [0.1, 0.15) is 78.6 Å². The van der Waals surface area contributed by atoms with Gasteiger partial charge >= 0.3 is 52.4 Å². The van der Waals surface area contributed by atoms with E-state index in [9.17, 15) is 59.4 Å². The third-order valence-corrected chi connectivity index (χ3v) is 4.06. The molecule has 0 rings (SSSR count). The van der Waals surface area contributed by atoms with E-state index in [0.29, 0.717) is 37.5 Å². The first-order chi connectivity index (χ1) is 16.7. The van der Waals surface area contributed by atoms with E-state index in [0.717, 1.165) is 19.3 Å². The van der Waals surface area contributed by atoms with Gasteiger partial charge in [0.2, 0.25) is 0 Å². The number of carbonyl (C=O) groups is 6. The maximum absolute atomic E-state index is 10.3. The van der Waals surface area contributed by atoms with Gasteiger partial charge in [-0.1, -0.05) is 40.0 Å². The van der Waals surface area contributed by atoms with Crippen LogP contribution in [0.5, 0.6) is 0 Å². The number of aliphatic carboxylic acids is 6. The molecule has 0 aliphatic rings. The third kappa shape index (κ3) is 31.8. The molecule has 0 unspecified atom stereocenters. The normalized spacial score (nSPS) is 10.7. The number of hydrogen-bond acceptors (Lipinski definition) is 12.